The Balaban J connectivity index is 1.47. The first-order valence-electron chi connectivity index (χ1n) is 8.13. The normalized spacial score (nSPS) is 51.8. The highest BCUT2D eigenvalue weighted by Crippen LogP contribution is 2.61. The smallest absolute Gasteiger partial charge is 0.0200 e. The highest BCUT2D eigenvalue weighted by Gasteiger charge is 2.51. The second-order valence-electron chi connectivity index (χ2n) is 8.03. The van der Waals surface area contributed by atoms with Crippen molar-refractivity contribution >= 4 is 0 Å². The van der Waals surface area contributed by atoms with Crippen molar-refractivity contribution in [3.63, 3.8) is 0 Å². The van der Waals surface area contributed by atoms with Gasteiger partial charge in [0.05, 0.1) is 0 Å². The Morgan fingerprint density at radius 3 is 2.22 bits per heavy atom. The summed E-state index contributed by atoms with van der Waals surface area (Å²) in [6.07, 6.45) is 10.9. The topological polar surface area (TPSA) is 15.3 Å². The fourth-order valence-electron chi connectivity index (χ4n) is 6.19. The minimum Gasteiger partial charge on any atom is -0.311 e. The number of piperazine rings is 1. The number of nitrogens with zero attached hydrogens (tertiary/aromatic N) is 1. The van der Waals surface area contributed by atoms with Gasteiger partial charge in [-0.2, -0.15) is 0 Å². The van der Waals surface area contributed by atoms with Gasteiger partial charge in [-0.3, -0.25) is 0 Å². The first-order valence-corrected chi connectivity index (χ1v) is 8.13. The van der Waals surface area contributed by atoms with Crippen LogP contribution in [0.5, 0.6) is 0 Å². The van der Waals surface area contributed by atoms with Crippen molar-refractivity contribution < 1.29 is 0 Å². The SMILES string of the molecule is CN1CCNC(CC23CC4CC(CC(C4)C2)C3)C1. The van der Waals surface area contributed by atoms with Crippen molar-refractivity contribution in [1.29, 1.82) is 0 Å². The van der Waals surface area contributed by atoms with E-state index < -0.39 is 0 Å². The maximum atomic E-state index is 3.78. The van der Waals surface area contributed by atoms with Crippen LogP contribution in [-0.4, -0.2) is 37.6 Å². The molecule has 18 heavy (non-hydrogen) atoms. The Morgan fingerprint density at radius 2 is 1.67 bits per heavy atom. The Morgan fingerprint density at radius 1 is 1.06 bits per heavy atom. The Kier molecular flexibility index (Phi) is 2.74. The van der Waals surface area contributed by atoms with Crippen LogP contribution in [0.1, 0.15) is 44.9 Å². The van der Waals surface area contributed by atoms with E-state index in [1.54, 1.807) is 38.5 Å². The summed E-state index contributed by atoms with van der Waals surface area (Å²) in [5, 5.41) is 3.78. The molecule has 4 bridgehead atoms. The lowest BCUT2D eigenvalue weighted by Gasteiger charge is -2.58. The van der Waals surface area contributed by atoms with E-state index in [2.05, 4.69) is 17.3 Å². The molecule has 5 rings (SSSR count). The molecule has 5 aliphatic rings. The third kappa shape index (κ3) is 2.02. The van der Waals surface area contributed by atoms with E-state index in [-0.39, 0.29) is 0 Å². The Bertz CT molecular complexity index is 290. The Labute approximate surface area is 111 Å². The van der Waals surface area contributed by atoms with Crippen LogP contribution in [0, 0.1) is 23.2 Å². The van der Waals surface area contributed by atoms with Crippen LogP contribution < -0.4 is 5.32 Å². The second-order valence-corrected chi connectivity index (χ2v) is 8.03. The van der Waals surface area contributed by atoms with Gasteiger partial charge in [0.15, 0.2) is 0 Å². The minimum absolute atomic E-state index is 0.755. The molecule has 4 aliphatic carbocycles. The van der Waals surface area contributed by atoms with E-state index in [9.17, 15) is 0 Å². The van der Waals surface area contributed by atoms with Crippen molar-refractivity contribution in [2.24, 2.45) is 23.2 Å². The highest BCUT2D eigenvalue weighted by molar-refractivity contribution is 5.03. The van der Waals surface area contributed by atoms with Gasteiger partial charge in [-0.05, 0) is 75.2 Å². The summed E-state index contributed by atoms with van der Waals surface area (Å²) in [4.78, 5) is 2.52. The molecule has 2 nitrogen and oxygen atoms in total. The maximum absolute atomic E-state index is 3.78. The van der Waals surface area contributed by atoms with Crippen LogP contribution in [0.15, 0.2) is 0 Å². The van der Waals surface area contributed by atoms with Crippen LogP contribution in [0.25, 0.3) is 0 Å². The molecule has 1 heterocycles. The fraction of sp³-hybridized carbons (Fsp3) is 1.00. The first kappa shape index (κ1) is 11.7. The van der Waals surface area contributed by atoms with Crippen molar-refractivity contribution in [1.82, 2.24) is 10.2 Å². The number of rotatable bonds is 2. The van der Waals surface area contributed by atoms with Crippen molar-refractivity contribution in [2.75, 3.05) is 26.7 Å². The van der Waals surface area contributed by atoms with Gasteiger partial charge >= 0.3 is 0 Å². The summed E-state index contributed by atoms with van der Waals surface area (Å²) >= 11 is 0. The summed E-state index contributed by atoms with van der Waals surface area (Å²) in [5.74, 6) is 3.33. The average Bonchev–Trinajstić information content (AvgIpc) is 2.25. The number of likely N-dealkylation sites (N-methyl/N-ethyl adjacent to an activating group) is 1. The molecule has 1 aliphatic heterocycles. The molecule has 0 aromatic carbocycles. The monoisotopic (exact) mass is 248 g/mol. The van der Waals surface area contributed by atoms with Crippen LogP contribution in [0.3, 0.4) is 0 Å². The third-order valence-electron chi connectivity index (χ3n) is 6.30. The predicted molar refractivity (Wildman–Crippen MR) is 74.5 cm³/mol. The van der Waals surface area contributed by atoms with E-state index in [0.717, 1.165) is 29.2 Å². The number of hydrogen-bond donors (Lipinski definition) is 1. The van der Waals surface area contributed by atoms with Gasteiger partial charge in [-0.15, -0.1) is 0 Å². The van der Waals surface area contributed by atoms with Crippen molar-refractivity contribution in [3.8, 4) is 0 Å². The van der Waals surface area contributed by atoms with Gasteiger partial charge in [0.25, 0.3) is 0 Å². The van der Waals surface area contributed by atoms with E-state index >= 15 is 0 Å². The van der Waals surface area contributed by atoms with Crippen LogP contribution in [0.2, 0.25) is 0 Å². The van der Waals surface area contributed by atoms with Gasteiger partial charge in [0.1, 0.15) is 0 Å². The van der Waals surface area contributed by atoms with E-state index in [1.807, 2.05) is 0 Å². The lowest BCUT2D eigenvalue weighted by atomic mass is 9.48. The average molecular weight is 248 g/mol. The van der Waals surface area contributed by atoms with Crippen molar-refractivity contribution in [3.05, 3.63) is 0 Å². The molecule has 1 atom stereocenters. The molecule has 0 spiro atoms. The first-order chi connectivity index (χ1) is 8.71. The maximum Gasteiger partial charge on any atom is 0.0200 e. The Hall–Kier alpha value is -0.0800. The van der Waals surface area contributed by atoms with E-state index in [4.69, 9.17) is 0 Å². The predicted octanol–water partition coefficient (Wildman–Crippen LogP) is 2.50. The van der Waals surface area contributed by atoms with E-state index in [0.29, 0.717) is 0 Å². The summed E-state index contributed by atoms with van der Waals surface area (Å²) in [5.41, 5.74) is 0.755. The molecule has 2 heteroatoms. The molecular formula is C16H28N2. The summed E-state index contributed by atoms with van der Waals surface area (Å²) in [7, 11) is 2.29. The summed E-state index contributed by atoms with van der Waals surface area (Å²) in [6.45, 7) is 3.71. The molecular weight excluding hydrogens is 220 g/mol. The van der Waals surface area contributed by atoms with Gasteiger partial charge in [-0.25, -0.2) is 0 Å². The fourth-order valence-corrected chi connectivity index (χ4v) is 6.19. The molecule has 0 aromatic rings. The van der Waals surface area contributed by atoms with Crippen LogP contribution >= 0.6 is 0 Å². The van der Waals surface area contributed by atoms with Gasteiger partial charge < -0.3 is 10.2 Å². The molecule has 1 saturated heterocycles. The zero-order valence-electron chi connectivity index (χ0n) is 11.8. The number of hydrogen-bond acceptors (Lipinski definition) is 2. The standard InChI is InChI=1S/C16H28N2/c1-18-3-2-17-15(11-18)10-16-7-12-4-13(8-16)6-14(5-12)9-16/h12-15,17H,2-11H2,1H3. The molecule has 0 amide bonds. The molecule has 4 saturated carbocycles. The largest absolute Gasteiger partial charge is 0.311 e. The molecule has 102 valence electrons. The molecule has 1 unspecified atom stereocenters. The zero-order chi connectivity index (χ0) is 12.2. The summed E-state index contributed by atoms with van der Waals surface area (Å²) < 4.78 is 0. The van der Waals surface area contributed by atoms with Crippen molar-refractivity contribution in [2.45, 2.75) is 51.0 Å². The quantitative estimate of drug-likeness (QED) is 0.808. The van der Waals surface area contributed by atoms with Gasteiger partial charge in [0, 0.05) is 25.7 Å². The number of nitrogens with one attached hydrogen (secondary N) is 1. The van der Waals surface area contributed by atoms with Crippen LogP contribution in [-0.2, 0) is 0 Å². The molecule has 5 fully saturated rings. The van der Waals surface area contributed by atoms with Gasteiger partial charge in [0.2, 0.25) is 0 Å². The zero-order valence-corrected chi connectivity index (χ0v) is 11.8. The molecule has 1 N–H and O–H groups in total. The second kappa shape index (κ2) is 4.21. The van der Waals surface area contributed by atoms with Gasteiger partial charge in [-0.1, -0.05) is 0 Å². The highest BCUT2D eigenvalue weighted by atomic mass is 15.2. The molecule has 0 aromatic heterocycles. The lowest BCUT2D eigenvalue weighted by molar-refractivity contribution is -0.0643. The lowest BCUT2D eigenvalue weighted by Crippen LogP contribution is -2.54. The van der Waals surface area contributed by atoms with E-state index in [1.165, 1.54) is 26.1 Å². The molecule has 0 radical (unpaired) electrons. The minimum atomic E-state index is 0.755. The summed E-state index contributed by atoms with van der Waals surface area (Å²) in [6, 6.07) is 0.778. The van der Waals surface area contributed by atoms with Crippen LogP contribution in [0.4, 0.5) is 0 Å². The third-order valence-corrected chi connectivity index (χ3v) is 6.30.